The van der Waals surface area contributed by atoms with Crippen LogP contribution in [-0.4, -0.2) is 23.7 Å². The molecule has 0 amide bonds. The van der Waals surface area contributed by atoms with Gasteiger partial charge in [-0.25, -0.2) is 0 Å². The van der Waals surface area contributed by atoms with Gasteiger partial charge in [0, 0.05) is 29.2 Å². The molecule has 0 aliphatic rings. The van der Waals surface area contributed by atoms with Crippen molar-refractivity contribution in [1.82, 2.24) is 10.3 Å². The van der Waals surface area contributed by atoms with Crippen molar-refractivity contribution in [3.05, 3.63) is 71.9 Å². The Morgan fingerprint density at radius 1 is 1.04 bits per heavy atom. The molecule has 0 aliphatic heterocycles. The Hall–Kier alpha value is -2.52. The molecule has 0 bridgehead atoms. The predicted octanol–water partition coefficient (Wildman–Crippen LogP) is 5.19. The number of allylic oxidation sites excluding steroid dienone is 1. The lowest BCUT2D eigenvalue weighted by Gasteiger charge is -2.20. The fourth-order valence-corrected chi connectivity index (χ4v) is 2.89. The molecular formula is C23H28N2O. The van der Waals surface area contributed by atoms with E-state index in [2.05, 4.69) is 79.6 Å². The summed E-state index contributed by atoms with van der Waals surface area (Å²) in [5.74, 6) is 0.922. The Labute approximate surface area is 156 Å². The third kappa shape index (κ3) is 5.24. The molecule has 3 nitrogen and oxygen atoms in total. The average Bonchev–Trinajstić information content (AvgIpc) is 3.09. The van der Waals surface area contributed by atoms with Crippen LogP contribution in [0.5, 0.6) is 5.75 Å². The van der Waals surface area contributed by atoms with E-state index in [-0.39, 0.29) is 5.54 Å². The summed E-state index contributed by atoms with van der Waals surface area (Å²) in [6.07, 6.45) is 7.30. The van der Waals surface area contributed by atoms with Crippen molar-refractivity contribution in [2.24, 2.45) is 0 Å². The maximum Gasteiger partial charge on any atom is 0.119 e. The second-order valence-corrected chi connectivity index (χ2v) is 7.56. The number of H-pyrrole nitrogens is 1. The Morgan fingerprint density at radius 2 is 1.85 bits per heavy atom. The minimum absolute atomic E-state index is 0.129. The first-order valence-corrected chi connectivity index (χ1v) is 9.21. The summed E-state index contributed by atoms with van der Waals surface area (Å²) in [6, 6.07) is 16.8. The molecule has 0 unspecified atom stereocenters. The van der Waals surface area contributed by atoms with Crippen molar-refractivity contribution in [2.75, 3.05) is 13.2 Å². The highest BCUT2D eigenvalue weighted by molar-refractivity contribution is 5.88. The van der Waals surface area contributed by atoms with Crippen LogP contribution < -0.4 is 10.1 Å². The van der Waals surface area contributed by atoms with Crippen molar-refractivity contribution in [3.63, 3.8) is 0 Å². The van der Waals surface area contributed by atoms with Gasteiger partial charge in [0.2, 0.25) is 0 Å². The van der Waals surface area contributed by atoms with Crippen LogP contribution in [0.1, 0.15) is 31.9 Å². The van der Waals surface area contributed by atoms with E-state index in [0.29, 0.717) is 6.61 Å². The zero-order valence-electron chi connectivity index (χ0n) is 15.9. The molecular weight excluding hydrogens is 320 g/mol. The van der Waals surface area contributed by atoms with Gasteiger partial charge in [0.05, 0.1) is 0 Å². The number of aromatic nitrogens is 1. The van der Waals surface area contributed by atoms with Crippen LogP contribution in [0, 0.1) is 0 Å². The Bertz CT molecular complexity index is 854. The van der Waals surface area contributed by atoms with Gasteiger partial charge in [0.25, 0.3) is 0 Å². The molecule has 3 aromatic rings. The number of hydrogen-bond donors (Lipinski definition) is 2. The molecule has 0 saturated carbocycles. The molecule has 26 heavy (non-hydrogen) atoms. The lowest BCUT2D eigenvalue weighted by Crippen LogP contribution is -2.38. The second kappa shape index (κ2) is 8.24. The zero-order chi connectivity index (χ0) is 18.4. The van der Waals surface area contributed by atoms with Gasteiger partial charge in [-0.3, -0.25) is 0 Å². The SMILES string of the molecule is CC(C)(C)NCCOc1ccc(CC=Cc2cccc3[nH]ccc23)cc1. The highest BCUT2D eigenvalue weighted by Gasteiger charge is 2.07. The summed E-state index contributed by atoms with van der Waals surface area (Å²) in [6.45, 7) is 8.00. The minimum atomic E-state index is 0.129. The lowest BCUT2D eigenvalue weighted by molar-refractivity contribution is 0.291. The molecule has 2 aromatic carbocycles. The summed E-state index contributed by atoms with van der Waals surface area (Å²) in [7, 11) is 0. The fourth-order valence-electron chi connectivity index (χ4n) is 2.89. The van der Waals surface area contributed by atoms with Crippen LogP contribution in [0.15, 0.2) is 60.8 Å². The van der Waals surface area contributed by atoms with E-state index in [1.54, 1.807) is 0 Å². The molecule has 1 aromatic heterocycles. The van der Waals surface area contributed by atoms with Crippen LogP contribution >= 0.6 is 0 Å². The number of fused-ring (bicyclic) bond motifs is 1. The highest BCUT2D eigenvalue weighted by Crippen LogP contribution is 2.19. The van der Waals surface area contributed by atoms with Crippen LogP contribution in [0.25, 0.3) is 17.0 Å². The van der Waals surface area contributed by atoms with Gasteiger partial charge in [-0.1, -0.05) is 36.4 Å². The maximum absolute atomic E-state index is 5.79. The molecule has 0 radical (unpaired) electrons. The summed E-state index contributed by atoms with van der Waals surface area (Å²) >= 11 is 0. The van der Waals surface area contributed by atoms with Gasteiger partial charge in [-0.15, -0.1) is 0 Å². The Balaban J connectivity index is 1.50. The number of aromatic amines is 1. The largest absolute Gasteiger partial charge is 0.492 e. The molecule has 0 spiro atoms. The molecule has 0 saturated heterocycles. The summed E-state index contributed by atoms with van der Waals surface area (Å²) in [4.78, 5) is 3.25. The van der Waals surface area contributed by atoms with E-state index >= 15 is 0 Å². The van der Waals surface area contributed by atoms with Gasteiger partial charge in [0.1, 0.15) is 12.4 Å². The number of benzene rings is 2. The van der Waals surface area contributed by atoms with Crippen molar-refractivity contribution in [1.29, 1.82) is 0 Å². The fraction of sp³-hybridized carbons (Fsp3) is 0.304. The first-order valence-electron chi connectivity index (χ1n) is 9.21. The molecule has 3 rings (SSSR count). The summed E-state index contributed by atoms with van der Waals surface area (Å²) in [5, 5.41) is 4.68. The van der Waals surface area contributed by atoms with Gasteiger partial charge in [0.15, 0.2) is 0 Å². The van der Waals surface area contributed by atoms with Crippen molar-refractivity contribution in [3.8, 4) is 5.75 Å². The van der Waals surface area contributed by atoms with Crippen molar-refractivity contribution in [2.45, 2.75) is 32.7 Å². The molecule has 136 valence electrons. The first kappa shape index (κ1) is 18.3. The molecule has 3 heteroatoms. The second-order valence-electron chi connectivity index (χ2n) is 7.56. The predicted molar refractivity (Wildman–Crippen MR) is 111 cm³/mol. The topological polar surface area (TPSA) is 37.0 Å². The third-order valence-electron chi connectivity index (χ3n) is 4.23. The van der Waals surface area contributed by atoms with E-state index in [9.17, 15) is 0 Å². The molecule has 1 heterocycles. The number of hydrogen-bond acceptors (Lipinski definition) is 2. The molecule has 0 fully saturated rings. The standard InChI is InChI=1S/C23H28N2O/c1-23(2,3)25-16-17-26-20-12-10-18(11-13-20)6-4-7-19-8-5-9-22-21(19)14-15-24-22/h4-5,7-15,24-25H,6,16-17H2,1-3H3. The van der Waals surface area contributed by atoms with Crippen LogP contribution in [0.2, 0.25) is 0 Å². The highest BCUT2D eigenvalue weighted by atomic mass is 16.5. The quantitative estimate of drug-likeness (QED) is 0.577. The van der Waals surface area contributed by atoms with E-state index < -0.39 is 0 Å². The number of nitrogens with one attached hydrogen (secondary N) is 2. The van der Waals surface area contributed by atoms with Crippen molar-refractivity contribution >= 4 is 17.0 Å². The monoisotopic (exact) mass is 348 g/mol. The smallest absolute Gasteiger partial charge is 0.119 e. The van der Waals surface area contributed by atoms with Gasteiger partial charge in [-0.05, 0) is 62.6 Å². The van der Waals surface area contributed by atoms with E-state index in [4.69, 9.17) is 4.74 Å². The van der Waals surface area contributed by atoms with Crippen LogP contribution in [0.3, 0.4) is 0 Å². The van der Waals surface area contributed by atoms with Gasteiger partial charge in [-0.2, -0.15) is 0 Å². The normalized spacial score (nSPS) is 12.1. The third-order valence-corrected chi connectivity index (χ3v) is 4.23. The summed E-state index contributed by atoms with van der Waals surface area (Å²) < 4.78 is 5.79. The molecule has 2 N–H and O–H groups in total. The first-order chi connectivity index (χ1) is 12.5. The number of rotatable bonds is 7. The van der Waals surface area contributed by atoms with E-state index in [1.807, 2.05) is 18.3 Å². The van der Waals surface area contributed by atoms with Gasteiger partial charge < -0.3 is 15.0 Å². The molecule has 0 aliphatic carbocycles. The Morgan fingerprint density at radius 3 is 2.62 bits per heavy atom. The maximum atomic E-state index is 5.79. The van der Waals surface area contributed by atoms with Gasteiger partial charge >= 0.3 is 0 Å². The zero-order valence-corrected chi connectivity index (χ0v) is 15.9. The van der Waals surface area contributed by atoms with Crippen LogP contribution in [0.4, 0.5) is 0 Å². The van der Waals surface area contributed by atoms with E-state index in [0.717, 1.165) is 18.7 Å². The Kier molecular flexibility index (Phi) is 5.79. The van der Waals surface area contributed by atoms with Crippen LogP contribution in [-0.2, 0) is 6.42 Å². The summed E-state index contributed by atoms with van der Waals surface area (Å²) in [5.41, 5.74) is 3.83. The minimum Gasteiger partial charge on any atom is -0.492 e. The lowest BCUT2D eigenvalue weighted by atomic mass is 10.1. The molecule has 0 atom stereocenters. The number of ether oxygens (including phenoxy) is 1. The average molecular weight is 348 g/mol. The van der Waals surface area contributed by atoms with Crippen molar-refractivity contribution < 1.29 is 4.74 Å². The van der Waals surface area contributed by atoms with E-state index in [1.165, 1.54) is 22.0 Å².